The fourth-order valence-corrected chi connectivity index (χ4v) is 4.40. The third-order valence-electron chi connectivity index (χ3n) is 4.39. The molecular formula is C16H18N2S. The zero-order valence-corrected chi connectivity index (χ0v) is 11.7. The van der Waals surface area contributed by atoms with Crippen LogP contribution in [0.25, 0.3) is 0 Å². The molecule has 2 aromatic rings. The molecule has 0 saturated carbocycles. The van der Waals surface area contributed by atoms with Crippen LogP contribution in [0, 0.1) is 0 Å². The minimum absolute atomic E-state index is 0.502. The summed E-state index contributed by atoms with van der Waals surface area (Å²) >= 11 is 1.85. The average Bonchev–Trinajstić information content (AvgIpc) is 3.18. The Kier molecular flexibility index (Phi) is 2.89. The lowest BCUT2D eigenvalue weighted by molar-refractivity contribution is 0.626. The van der Waals surface area contributed by atoms with E-state index in [9.17, 15) is 0 Å². The third kappa shape index (κ3) is 2.01. The first-order chi connectivity index (χ1) is 9.42. The lowest BCUT2D eigenvalue weighted by atomic mass is 10.0. The second-order valence-electron chi connectivity index (χ2n) is 5.55. The van der Waals surface area contributed by atoms with Crippen LogP contribution in [-0.2, 0) is 6.42 Å². The minimum Gasteiger partial charge on any atom is -0.309 e. The number of fused-ring (bicyclic) bond motifs is 1. The molecule has 0 spiro atoms. The van der Waals surface area contributed by atoms with Gasteiger partial charge in [0.05, 0.1) is 11.7 Å². The van der Waals surface area contributed by atoms with Gasteiger partial charge in [-0.15, -0.1) is 11.3 Å². The summed E-state index contributed by atoms with van der Waals surface area (Å²) in [5, 5.41) is 7.12. The summed E-state index contributed by atoms with van der Waals surface area (Å²) in [4.78, 5) is 4.93. The standard InChI is InChI=1S/C16H18N2S/c1-2-5-12-11(4-1)7-8-13(12)16-18-15(10-19-16)14-6-3-9-17-14/h1-2,4-5,10,13-14,17H,3,6-9H2. The number of hydrogen-bond donors (Lipinski definition) is 1. The number of rotatable bonds is 2. The van der Waals surface area contributed by atoms with Crippen molar-refractivity contribution in [2.24, 2.45) is 0 Å². The molecule has 98 valence electrons. The Labute approximate surface area is 117 Å². The monoisotopic (exact) mass is 270 g/mol. The summed E-state index contributed by atoms with van der Waals surface area (Å²) < 4.78 is 0. The number of aromatic nitrogens is 1. The van der Waals surface area contributed by atoms with Crippen molar-refractivity contribution in [3.05, 3.63) is 51.5 Å². The Bertz CT molecular complexity index is 584. The average molecular weight is 270 g/mol. The van der Waals surface area contributed by atoms with Crippen LogP contribution in [0.2, 0.25) is 0 Å². The number of thiazole rings is 1. The van der Waals surface area contributed by atoms with E-state index >= 15 is 0 Å². The first-order valence-corrected chi connectivity index (χ1v) is 8.06. The molecule has 2 aliphatic rings. The topological polar surface area (TPSA) is 24.9 Å². The first-order valence-electron chi connectivity index (χ1n) is 7.18. The fourth-order valence-electron chi connectivity index (χ4n) is 3.37. The molecule has 2 unspecified atom stereocenters. The van der Waals surface area contributed by atoms with E-state index < -0.39 is 0 Å². The molecule has 2 atom stereocenters. The number of nitrogens with one attached hydrogen (secondary N) is 1. The summed E-state index contributed by atoms with van der Waals surface area (Å²) in [6.07, 6.45) is 4.95. The van der Waals surface area contributed by atoms with Crippen LogP contribution >= 0.6 is 11.3 Å². The Morgan fingerprint density at radius 2 is 2.16 bits per heavy atom. The van der Waals surface area contributed by atoms with Gasteiger partial charge < -0.3 is 5.32 Å². The van der Waals surface area contributed by atoms with E-state index in [1.54, 1.807) is 0 Å². The molecule has 19 heavy (non-hydrogen) atoms. The van der Waals surface area contributed by atoms with Gasteiger partial charge in [0, 0.05) is 11.3 Å². The molecule has 1 aromatic heterocycles. The highest BCUT2D eigenvalue weighted by Gasteiger charge is 2.27. The molecule has 2 heterocycles. The van der Waals surface area contributed by atoms with Crippen molar-refractivity contribution in [3.8, 4) is 0 Å². The van der Waals surface area contributed by atoms with E-state index in [1.165, 1.54) is 47.5 Å². The SMILES string of the molecule is c1ccc2c(c1)CCC2c1nc(C2CCCN2)cs1. The molecule has 1 fully saturated rings. The van der Waals surface area contributed by atoms with Crippen LogP contribution in [0.15, 0.2) is 29.6 Å². The largest absolute Gasteiger partial charge is 0.309 e. The second-order valence-corrected chi connectivity index (χ2v) is 6.44. The molecule has 1 aliphatic carbocycles. The van der Waals surface area contributed by atoms with Gasteiger partial charge in [-0.2, -0.15) is 0 Å². The Morgan fingerprint density at radius 3 is 3.05 bits per heavy atom. The van der Waals surface area contributed by atoms with Gasteiger partial charge in [-0.3, -0.25) is 0 Å². The normalized spacial score (nSPS) is 25.7. The van der Waals surface area contributed by atoms with Crippen molar-refractivity contribution < 1.29 is 0 Å². The van der Waals surface area contributed by atoms with Gasteiger partial charge in [-0.1, -0.05) is 24.3 Å². The Hall–Kier alpha value is -1.19. The predicted molar refractivity (Wildman–Crippen MR) is 78.7 cm³/mol. The fraction of sp³-hybridized carbons (Fsp3) is 0.438. The van der Waals surface area contributed by atoms with E-state index in [1.807, 2.05) is 11.3 Å². The molecule has 0 radical (unpaired) electrons. The zero-order chi connectivity index (χ0) is 12.7. The molecule has 1 aliphatic heterocycles. The van der Waals surface area contributed by atoms with Crippen LogP contribution in [0.4, 0.5) is 0 Å². The highest BCUT2D eigenvalue weighted by atomic mass is 32.1. The maximum absolute atomic E-state index is 4.93. The summed E-state index contributed by atoms with van der Waals surface area (Å²) in [5.41, 5.74) is 4.29. The van der Waals surface area contributed by atoms with Crippen molar-refractivity contribution in [1.29, 1.82) is 0 Å². The van der Waals surface area contributed by atoms with E-state index in [2.05, 4.69) is 35.0 Å². The Morgan fingerprint density at radius 1 is 1.21 bits per heavy atom. The van der Waals surface area contributed by atoms with Gasteiger partial charge in [0.15, 0.2) is 0 Å². The van der Waals surface area contributed by atoms with Gasteiger partial charge in [0.1, 0.15) is 5.01 Å². The van der Waals surface area contributed by atoms with Gasteiger partial charge in [0.25, 0.3) is 0 Å². The van der Waals surface area contributed by atoms with Crippen LogP contribution in [0.5, 0.6) is 0 Å². The quantitative estimate of drug-likeness (QED) is 0.901. The number of hydrogen-bond acceptors (Lipinski definition) is 3. The molecule has 2 nitrogen and oxygen atoms in total. The highest BCUT2D eigenvalue weighted by molar-refractivity contribution is 7.09. The molecule has 1 aromatic carbocycles. The van der Waals surface area contributed by atoms with Crippen LogP contribution in [-0.4, -0.2) is 11.5 Å². The highest BCUT2D eigenvalue weighted by Crippen LogP contribution is 2.40. The van der Waals surface area contributed by atoms with Gasteiger partial charge in [-0.25, -0.2) is 4.98 Å². The summed E-state index contributed by atoms with van der Waals surface area (Å²) in [6.45, 7) is 1.14. The third-order valence-corrected chi connectivity index (χ3v) is 5.36. The molecule has 1 N–H and O–H groups in total. The lowest BCUT2D eigenvalue weighted by Crippen LogP contribution is -2.13. The van der Waals surface area contributed by atoms with E-state index in [4.69, 9.17) is 4.98 Å². The van der Waals surface area contributed by atoms with Gasteiger partial charge >= 0.3 is 0 Å². The van der Waals surface area contributed by atoms with Crippen molar-refractivity contribution in [3.63, 3.8) is 0 Å². The van der Waals surface area contributed by atoms with Crippen LogP contribution in [0.1, 0.15) is 53.1 Å². The molecule has 1 saturated heterocycles. The predicted octanol–water partition coefficient (Wildman–Crippen LogP) is 3.65. The molecule has 0 amide bonds. The summed E-state index contributed by atoms with van der Waals surface area (Å²) in [5.74, 6) is 0.538. The minimum atomic E-state index is 0.502. The van der Waals surface area contributed by atoms with E-state index in [-0.39, 0.29) is 0 Å². The molecular weight excluding hydrogens is 252 g/mol. The van der Waals surface area contributed by atoms with E-state index in [0.29, 0.717) is 12.0 Å². The van der Waals surface area contributed by atoms with Crippen molar-refractivity contribution in [2.45, 2.75) is 37.6 Å². The second kappa shape index (κ2) is 4.73. The number of aryl methyl sites for hydroxylation is 1. The Balaban J connectivity index is 1.63. The van der Waals surface area contributed by atoms with Crippen molar-refractivity contribution in [2.75, 3.05) is 6.54 Å². The van der Waals surface area contributed by atoms with E-state index in [0.717, 1.165) is 6.54 Å². The molecule has 0 bridgehead atoms. The molecule has 4 rings (SSSR count). The van der Waals surface area contributed by atoms with Crippen molar-refractivity contribution in [1.82, 2.24) is 10.3 Å². The van der Waals surface area contributed by atoms with Crippen LogP contribution < -0.4 is 5.32 Å². The number of benzene rings is 1. The lowest BCUT2D eigenvalue weighted by Gasteiger charge is -2.09. The van der Waals surface area contributed by atoms with Gasteiger partial charge in [-0.05, 0) is 43.4 Å². The zero-order valence-electron chi connectivity index (χ0n) is 10.9. The van der Waals surface area contributed by atoms with Crippen LogP contribution in [0.3, 0.4) is 0 Å². The maximum atomic E-state index is 4.93. The van der Waals surface area contributed by atoms with Gasteiger partial charge in [0.2, 0.25) is 0 Å². The molecule has 3 heteroatoms. The first kappa shape index (κ1) is 11.6. The smallest absolute Gasteiger partial charge is 0.100 e. The number of nitrogens with zero attached hydrogens (tertiary/aromatic N) is 1. The summed E-state index contributed by atoms with van der Waals surface area (Å²) in [7, 11) is 0. The maximum Gasteiger partial charge on any atom is 0.100 e. The summed E-state index contributed by atoms with van der Waals surface area (Å²) in [6, 6.07) is 9.35. The van der Waals surface area contributed by atoms with Crippen molar-refractivity contribution >= 4 is 11.3 Å².